The minimum absolute atomic E-state index is 0. The molecule has 0 N–H and O–H groups in total. The maximum atomic E-state index is 2.08. The molecule has 0 aliphatic rings. The van der Waals surface area contributed by atoms with Gasteiger partial charge in [-0.15, -0.1) is 0 Å². The van der Waals surface area contributed by atoms with Crippen LogP contribution in [0.15, 0.2) is 0 Å². The molecule has 0 spiro atoms. The van der Waals surface area contributed by atoms with E-state index in [4.69, 9.17) is 0 Å². The first kappa shape index (κ1) is 15.9. The number of hydrogen-bond donors (Lipinski definition) is 0. The van der Waals surface area contributed by atoms with Gasteiger partial charge in [0.15, 0.2) is 0 Å². The molecule has 0 saturated carbocycles. The Morgan fingerprint density at radius 2 is 1.00 bits per heavy atom. The molecule has 0 aromatic heterocycles. The molecule has 1 heteroatoms. The van der Waals surface area contributed by atoms with Crippen molar-refractivity contribution < 1.29 is 22.4 Å². The standard InChI is InChI=1S/C4H9.CH3.Ag/c1-4(2)3;;/h1-3H3;1H3;/q2*-1;+1. The van der Waals surface area contributed by atoms with E-state index in [9.17, 15) is 0 Å². The maximum absolute atomic E-state index is 2.08. The second-order valence-corrected chi connectivity index (χ2v) is 1.50. The Balaban J connectivity index is -0.0000000450. The van der Waals surface area contributed by atoms with Gasteiger partial charge < -0.3 is 13.3 Å². The van der Waals surface area contributed by atoms with Crippen molar-refractivity contribution in [3.63, 3.8) is 0 Å². The zero-order valence-corrected chi connectivity index (χ0v) is 6.28. The molecule has 0 amide bonds. The number of hydrogen-bond acceptors (Lipinski definition) is 0. The summed E-state index contributed by atoms with van der Waals surface area (Å²) in [6.45, 7) is 6.25. The summed E-state index contributed by atoms with van der Waals surface area (Å²) in [7, 11) is 0. The van der Waals surface area contributed by atoms with Gasteiger partial charge in [-0.1, -0.05) is 0 Å². The van der Waals surface area contributed by atoms with Crippen LogP contribution in [0.25, 0.3) is 0 Å². The van der Waals surface area contributed by atoms with Gasteiger partial charge in [-0.3, -0.25) is 0 Å². The first-order valence-electron chi connectivity index (χ1n) is 1.50. The van der Waals surface area contributed by atoms with Gasteiger partial charge in [0.2, 0.25) is 0 Å². The molecule has 44 valence electrons. The molecular weight excluding hydrogens is 168 g/mol. The summed E-state index contributed by atoms with van der Waals surface area (Å²) in [5.41, 5.74) is 0. The molecule has 0 saturated heterocycles. The molecule has 0 bridgehead atoms. The van der Waals surface area contributed by atoms with Crippen molar-refractivity contribution in [2.45, 2.75) is 20.8 Å². The fourth-order valence-corrected chi connectivity index (χ4v) is 0. The van der Waals surface area contributed by atoms with Crippen molar-refractivity contribution in [1.82, 2.24) is 0 Å². The fraction of sp³-hybridized carbons (Fsp3) is 0.600. The average Bonchev–Trinajstić information content (AvgIpc) is 0.811. The van der Waals surface area contributed by atoms with E-state index in [0.717, 1.165) is 0 Å². The smallest absolute Gasteiger partial charge is 0.358 e. The minimum atomic E-state index is 0. The van der Waals surface area contributed by atoms with Gasteiger partial charge in [-0.05, 0) is 0 Å². The molecule has 0 rings (SSSR count). The Labute approximate surface area is 56.8 Å². The van der Waals surface area contributed by atoms with Crippen LogP contribution in [0.4, 0.5) is 0 Å². The Bertz CT molecular complexity index is 8.66. The van der Waals surface area contributed by atoms with E-state index in [1.165, 1.54) is 5.92 Å². The summed E-state index contributed by atoms with van der Waals surface area (Å²) in [6, 6.07) is 0. The third-order valence-corrected chi connectivity index (χ3v) is 0. The van der Waals surface area contributed by atoms with Gasteiger partial charge in [0.25, 0.3) is 0 Å². The van der Waals surface area contributed by atoms with Crippen LogP contribution in [0, 0.1) is 13.3 Å². The summed E-state index contributed by atoms with van der Waals surface area (Å²) < 4.78 is 0. The predicted octanol–water partition coefficient (Wildman–Crippen LogP) is 2.07. The van der Waals surface area contributed by atoms with Gasteiger partial charge in [0.1, 0.15) is 0 Å². The zero-order chi connectivity index (χ0) is 3.58. The second-order valence-electron chi connectivity index (χ2n) is 1.50. The molecule has 0 fully saturated rings. The average molecular weight is 180 g/mol. The summed E-state index contributed by atoms with van der Waals surface area (Å²) in [4.78, 5) is 0. The monoisotopic (exact) mass is 179 g/mol. The van der Waals surface area contributed by atoms with Gasteiger partial charge in [-0.2, -0.15) is 20.8 Å². The summed E-state index contributed by atoms with van der Waals surface area (Å²) in [6.07, 6.45) is 0. The maximum Gasteiger partial charge on any atom is 1.00 e. The Morgan fingerprint density at radius 1 is 1.00 bits per heavy atom. The van der Waals surface area contributed by atoms with E-state index >= 15 is 0 Å². The molecule has 0 heterocycles. The predicted molar refractivity (Wildman–Crippen MR) is 26.7 cm³/mol. The van der Waals surface area contributed by atoms with E-state index in [1.54, 1.807) is 0 Å². The van der Waals surface area contributed by atoms with E-state index in [1.807, 2.05) is 0 Å². The first-order chi connectivity index (χ1) is 1.73. The van der Waals surface area contributed by atoms with Crippen LogP contribution in [0.3, 0.4) is 0 Å². The van der Waals surface area contributed by atoms with Crippen LogP contribution >= 0.6 is 0 Å². The molecule has 0 aromatic carbocycles. The van der Waals surface area contributed by atoms with Crippen molar-refractivity contribution in [1.29, 1.82) is 0 Å². The van der Waals surface area contributed by atoms with Crippen LogP contribution < -0.4 is 0 Å². The van der Waals surface area contributed by atoms with Crippen molar-refractivity contribution in [3.8, 4) is 0 Å². The minimum Gasteiger partial charge on any atom is -0.358 e. The first-order valence-corrected chi connectivity index (χ1v) is 1.50. The molecule has 0 nitrogen and oxygen atoms in total. The van der Waals surface area contributed by atoms with Crippen LogP contribution in [0.1, 0.15) is 20.8 Å². The molecule has 0 aliphatic heterocycles. The Hall–Kier alpha value is 0.740. The Morgan fingerprint density at radius 3 is 1.00 bits per heavy atom. The summed E-state index contributed by atoms with van der Waals surface area (Å²) in [5.74, 6) is 1.42. The SMILES string of the molecule is C[C-](C)C.[Ag+].[CH3-]. The summed E-state index contributed by atoms with van der Waals surface area (Å²) in [5, 5.41) is 0. The third-order valence-electron chi connectivity index (χ3n) is 0. The topological polar surface area (TPSA) is 0 Å². The summed E-state index contributed by atoms with van der Waals surface area (Å²) >= 11 is 0. The molecule has 6 heavy (non-hydrogen) atoms. The van der Waals surface area contributed by atoms with Crippen molar-refractivity contribution in [2.24, 2.45) is 0 Å². The molecule has 0 aromatic rings. The fourth-order valence-electron chi connectivity index (χ4n) is 0. The van der Waals surface area contributed by atoms with Crippen molar-refractivity contribution in [2.75, 3.05) is 0 Å². The molecule has 0 unspecified atom stereocenters. The molecule has 0 aliphatic carbocycles. The van der Waals surface area contributed by atoms with E-state index in [2.05, 4.69) is 20.8 Å². The zero-order valence-electron chi connectivity index (χ0n) is 4.80. The second kappa shape index (κ2) is 9.22. The van der Waals surface area contributed by atoms with Crippen LogP contribution in [-0.4, -0.2) is 0 Å². The molecule has 0 radical (unpaired) electrons. The van der Waals surface area contributed by atoms with E-state index in [0.29, 0.717) is 0 Å². The molecular formula is C5H12Ag-. The van der Waals surface area contributed by atoms with Gasteiger partial charge in [-0.25, -0.2) is 0 Å². The Kier molecular flexibility index (Phi) is 24.4. The quantitative estimate of drug-likeness (QED) is 0.395. The van der Waals surface area contributed by atoms with Gasteiger partial charge in [0.05, 0.1) is 0 Å². The van der Waals surface area contributed by atoms with E-state index in [-0.39, 0.29) is 29.8 Å². The van der Waals surface area contributed by atoms with Crippen molar-refractivity contribution in [3.05, 3.63) is 13.3 Å². The normalized spacial score (nSPS) is 6.00. The van der Waals surface area contributed by atoms with Gasteiger partial charge in [0, 0.05) is 0 Å². The van der Waals surface area contributed by atoms with Crippen molar-refractivity contribution >= 4 is 0 Å². The number of rotatable bonds is 0. The third kappa shape index (κ3) is 121. The molecule has 0 atom stereocenters. The van der Waals surface area contributed by atoms with E-state index < -0.39 is 0 Å². The van der Waals surface area contributed by atoms with Crippen LogP contribution in [0.5, 0.6) is 0 Å². The van der Waals surface area contributed by atoms with Crippen LogP contribution in [0.2, 0.25) is 0 Å². The van der Waals surface area contributed by atoms with Crippen LogP contribution in [-0.2, 0) is 22.4 Å². The largest absolute Gasteiger partial charge is 1.00 e. The van der Waals surface area contributed by atoms with Gasteiger partial charge >= 0.3 is 22.4 Å².